The fourth-order valence-corrected chi connectivity index (χ4v) is 7.91. The first-order valence-electron chi connectivity index (χ1n) is 8.86. The van der Waals surface area contributed by atoms with Gasteiger partial charge in [-0.2, -0.15) is 0 Å². The minimum atomic E-state index is 0.362. The smallest absolute Gasteiger partial charge is 0.0518 e. The molecule has 0 unspecified atom stereocenters. The third-order valence-electron chi connectivity index (χ3n) is 8.41. The molecule has 3 spiro atoms. The molecule has 2 saturated heterocycles. The van der Waals surface area contributed by atoms with Crippen LogP contribution in [0.15, 0.2) is 24.3 Å². The molecule has 0 amide bonds. The number of fused-ring (bicyclic) bond motifs is 1. The molecule has 1 aromatic carbocycles. The summed E-state index contributed by atoms with van der Waals surface area (Å²) in [5, 5.41) is 4.09. The molecule has 5 aliphatic rings. The Balaban J connectivity index is 1.70. The summed E-state index contributed by atoms with van der Waals surface area (Å²) in [6.45, 7) is 5.26. The van der Waals surface area contributed by atoms with Crippen LogP contribution in [0.1, 0.15) is 44.6 Å². The van der Waals surface area contributed by atoms with Crippen molar-refractivity contribution in [1.82, 2.24) is 4.90 Å². The van der Waals surface area contributed by atoms with Gasteiger partial charge in [0, 0.05) is 17.1 Å². The second kappa shape index (κ2) is 3.17. The molecular formula is C19H24N2. The van der Waals surface area contributed by atoms with Gasteiger partial charge in [-0.15, -0.1) is 0 Å². The van der Waals surface area contributed by atoms with Gasteiger partial charge in [0.1, 0.15) is 0 Å². The van der Waals surface area contributed by atoms with Gasteiger partial charge in [0.15, 0.2) is 0 Å². The average Bonchev–Trinajstić information content (AvgIpc) is 3.17. The first-order chi connectivity index (χ1) is 10.2. The van der Waals surface area contributed by atoms with E-state index in [9.17, 15) is 0 Å². The summed E-state index contributed by atoms with van der Waals surface area (Å²) in [4.78, 5) is 2.88. The zero-order chi connectivity index (χ0) is 13.9. The summed E-state index contributed by atoms with van der Waals surface area (Å²) in [6.07, 6.45) is 7.14. The van der Waals surface area contributed by atoms with Gasteiger partial charge in [-0.3, -0.25) is 4.90 Å². The molecule has 5 atom stereocenters. The molecule has 4 fully saturated rings. The Kier molecular flexibility index (Phi) is 1.74. The summed E-state index contributed by atoms with van der Waals surface area (Å²) in [5.41, 5.74) is 4.50. The number of anilines is 1. The second-order valence-corrected chi connectivity index (χ2v) is 8.36. The lowest BCUT2D eigenvalue weighted by Gasteiger charge is -2.50. The zero-order valence-corrected chi connectivity index (χ0v) is 12.9. The molecule has 2 nitrogen and oxygen atoms in total. The van der Waals surface area contributed by atoms with E-state index in [0.717, 1.165) is 12.0 Å². The molecule has 2 saturated carbocycles. The van der Waals surface area contributed by atoms with E-state index in [1.54, 1.807) is 5.56 Å². The maximum Gasteiger partial charge on any atom is 0.0518 e. The van der Waals surface area contributed by atoms with E-state index in [1.807, 2.05) is 0 Å². The van der Waals surface area contributed by atoms with Crippen molar-refractivity contribution in [3.05, 3.63) is 29.8 Å². The van der Waals surface area contributed by atoms with Crippen LogP contribution in [0.5, 0.6) is 0 Å². The van der Waals surface area contributed by atoms with E-state index in [1.165, 1.54) is 50.9 Å². The Morgan fingerprint density at radius 2 is 2.00 bits per heavy atom. The molecular weight excluding hydrogens is 256 g/mol. The lowest BCUT2D eigenvalue weighted by Crippen LogP contribution is -2.58. The quantitative estimate of drug-likeness (QED) is 0.783. The van der Waals surface area contributed by atoms with Crippen molar-refractivity contribution in [3.8, 4) is 0 Å². The lowest BCUT2D eigenvalue weighted by atomic mass is 9.60. The molecule has 2 bridgehead atoms. The predicted octanol–water partition coefficient (Wildman–Crippen LogP) is 3.39. The van der Waals surface area contributed by atoms with Crippen molar-refractivity contribution >= 4 is 5.69 Å². The highest BCUT2D eigenvalue weighted by Crippen LogP contribution is 2.78. The van der Waals surface area contributed by atoms with Crippen molar-refractivity contribution < 1.29 is 0 Å². The van der Waals surface area contributed by atoms with Crippen LogP contribution in [0, 0.1) is 11.3 Å². The number of piperidine rings is 1. The van der Waals surface area contributed by atoms with E-state index in [2.05, 4.69) is 41.4 Å². The summed E-state index contributed by atoms with van der Waals surface area (Å²) in [7, 11) is 0. The largest absolute Gasteiger partial charge is 0.378 e. The van der Waals surface area contributed by atoms with E-state index in [0.29, 0.717) is 16.4 Å². The van der Waals surface area contributed by atoms with Crippen molar-refractivity contribution in [2.24, 2.45) is 11.3 Å². The number of nitrogens with zero attached hydrogens (tertiary/aromatic N) is 1. The van der Waals surface area contributed by atoms with Crippen LogP contribution in [0.25, 0.3) is 0 Å². The van der Waals surface area contributed by atoms with Gasteiger partial charge in [-0.05, 0) is 68.2 Å². The summed E-state index contributed by atoms with van der Waals surface area (Å²) in [6, 6.07) is 10.1. The molecule has 21 heavy (non-hydrogen) atoms. The highest BCUT2D eigenvalue weighted by atomic mass is 15.3. The molecule has 3 aliphatic heterocycles. The van der Waals surface area contributed by atoms with E-state index < -0.39 is 0 Å². The number of benzene rings is 1. The third kappa shape index (κ3) is 0.900. The van der Waals surface area contributed by atoms with Crippen LogP contribution in [-0.2, 0) is 5.41 Å². The molecule has 2 heteroatoms. The predicted molar refractivity (Wildman–Crippen MR) is 84.5 cm³/mol. The zero-order valence-electron chi connectivity index (χ0n) is 12.9. The Labute approximate surface area is 126 Å². The molecule has 0 radical (unpaired) electrons. The van der Waals surface area contributed by atoms with Crippen LogP contribution in [0.4, 0.5) is 5.69 Å². The number of para-hydroxylation sites is 1. The molecule has 110 valence electrons. The van der Waals surface area contributed by atoms with Crippen LogP contribution in [-0.4, -0.2) is 29.6 Å². The average molecular weight is 280 g/mol. The van der Waals surface area contributed by atoms with Crippen LogP contribution < -0.4 is 5.32 Å². The normalized spacial score (nSPS) is 52.4. The second-order valence-electron chi connectivity index (χ2n) is 8.36. The Bertz CT molecular complexity index is 655. The van der Waals surface area contributed by atoms with Crippen LogP contribution in [0.2, 0.25) is 0 Å². The van der Waals surface area contributed by atoms with Gasteiger partial charge in [-0.25, -0.2) is 0 Å². The monoisotopic (exact) mass is 280 g/mol. The number of hydrogen-bond acceptors (Lipinski definition) is 2. The minimum Gasteiger partial charge on any atom is -0.378 e. The van der Waals surface area contributed by atoms with Gasteiger partial charge in [-0.1, -0.05) is 25.1 Å². The third-order valence-corrected chi connectivity index (χ3v) is 8.41. The highest BCUT2D eigenvalue weighted by molar-refractivity contribution is 5.69. The molecule has 1 aromatic rings. The van der Waals surface area contributed by atoms with Crippen molar-refractivity contribution in [2.75, 3.05) is 18.4 Å². The maximum atomic E-state index is 4.09. The number of rotatable bonds is 0. The lowest BCUT2D eigenvalue weighted by molar-refractivity contribution is 0.0198. The summed E-state index contributed by atoms with van der Waals surface area (Å²) >= 11 is 0. The van der Waals surface area contributed by atoms with E-state index in [-0.39, 0.29) is 0 Å². The van der Waals surface area contributed by atoms with E-state index >= 15 is 0 Å². The number of hydrogen-bond donors (Lipinski definition) is 1. The Hall–Kier alpha value is -1.02. The van der Waals surface area contributed by atoms with Gasteiger partial charge in [0.25, 0.3) is 0 Å². The Morgan fingerprint density at radius 3 is 2.95 bits per heavy atom. The maximum absolute atomic E-state index is 4.09. The first kappa shape index (κ1) is 11.5. The molecule has 6 rings (SSSR count). The van der Waals surface area contributed by atoms with Crippen molar-refractivity contribution in [2.45, 2.75) is 56.0 Å². The molecule has 3 heterocycles. The standard InChI is InChI=1S/C19H24N2/c1-13-17-7-4-11-21-12-10-18(16(17)21)14-5-2-3-6-15(14)20-19(13,18)9-8-17/h2-3,5-6,13,16,20H,4,7-12H2,1H3/t13-,16+,17+,18-,19+/m1/s1. The topological polar surface area (TPSA) is 15.3 Å². The van der Waals surface area contributed by atoms with Crippen LogP contribution in [0.3, 0.4) is 0 Å². The van der Waals surface area contributed by atoms with Gasteiger partial charge in [0.2, 0.25) is 0 Å². The fourth-order valence-electron chi connectivity index (χ4n) is 7.91. The van der Waals surface area contributed by atoms with E-state index in [4.69, 9.17) is 0 Å². The highest BCUT2D eigenvalue weighted by Gasteiger charge is 2.82. The Morgan fingerprint density at radius 1 is 1.10 bits per heavy atom. The molecule has 0 aromatic heterocycles. The van der Waals surface area contributed by atoms with Gasteiger partial charge >= 0.3 is 0 Å². The summed E-state index contributed by atoms with van der Waals surface area (Å²) < 4.78 is 0. The SMILES string of the molecule is C[C@@H]1[C@]23CCCN4CC[C@@]5(c6ccccc6N[C@@]15CC2)[C@@H]43. The number of nitrogens with one attached hydrogen (secondary N) is 1. The van der Waals surface area contributed by atoms with Gasteiger partial charge < -0.3 is 5.32 Å². The molecule has 1 N–H and O–H groups in total. The van der Waals surface area contributed by atoms with Gasteiger partial charge in [0.05, 0.1) is 5.54 Å². The fraction of sp³-hybridized carbons (Fsp3) is 0.684. The first-order valence-corrected chi connectivity index (χ1v) is 8.86. The van der Waals surface area contributed by atoms with Crippen molar-refractivity contribution in [3.63, 3.8) is 0 Å². The van der Waals surface area contributed by atoms with Crippen LogP contribution >= 0.6 is 0 Å². The minimum absolute atomic E-state index is 0.362. The molecule has 2 aliphatic carbocycles. The van der Waals surface area contributed by atoms with Crippen molar-refractivity contribution in [1.29, 1.82) is 0 Å². The summed E-state index contributed by atoms with van der Waals surface area (Å²) in [5.74, 6) is 0.825.